The van der Waals surface area contributed by atoms with Gasteiger partial charge in [-0.1, -0.05) is 12.1 Å². The van der Waals surface area contributed by atoms with Gasteiger partial charge in [-0.3, -0.25) is 14.5 Å². The molecule has 3 aromatic rings. The van der Waals surface area contributed by atoms with Gasteiger partial charge in [-0.05, 0) is 56.5 Å². The molecule has 0 aliphatic carbocycles. The number of nitrogens with zero attached hydrogens (tertiary/aromatic N) is 4. The molecule has 2 saturated heterocycles. The van der Waals surface area contributed by atoms with Gasteiger partial charge in [0.2, 0.25) is 0 Å². The largest absolute Gasteiger partial charge is 0.405 e. The predicted octanol–water partition coefficient (Wildman–Crippen LogP) is 3.46. The van der Waals surface area contributed by atoms with Crippen molar-refractivity contribution in [3.05, 3.63) is 64.5 Å². The van der Waals surface area contributed by atoms with Crippen molar-refractivity contribution in [2.45, 2.75) is 43.8 Å². The first-order valence-electron chi connectivity index (χ1n) is 12.6. The first kappa shape index (κ1) is 25.2. The van der Waals surface area contributed by atoms with E-state index in [1.807, 2.05) is 23.5 Å². The molecule has 0 radical (unpaired) electrons. The van der Waals surface area contributed by atoms with Crippen molar-refractivity contribution in [2.24, 2.45) is 0 Å². The quantitative estimate of drug-likeness (QED) is 0.542. The van der Waals surface area contributed by atoms with Crippen molar-refractivity contribution in [1.29, 1.82) is 0 Å². The molecular weight excluding hydrogens is 485 g/mol. The highest BCUT2D eigenvalue weighted by molar-refractivity contribution is 5.92. The van der Waals surface area contributed by atoms with Crippen molar-refractivity contribution in [2.75, 3.05) is 37.6 Å². The minimum atomic E-state index is -4.46. The fourth-order valence-corrected chi connectivity index (χ4v) is 5.33. The Hall–Kier alpha value is -3.47. The number of halogens is 3. The smallest absolute Gasteiger partial charge is 0.370 e. The maximum absolute atomic E-state index is 12.5. The molecular formula is C26H29F3N6O2. The number of rotatable bonds is 5. The van der Waals surface area contributed by atoms with Gasteiger partial charge in [-0.15, -0.1) is 0 Å². The number of aromatic nitrogens is 3. The Morgan fingerprint density at radius 2 is 1.86 bits per heavy atom. The summed E-state index contributed by atoms with van der Waals surface area (Å²) in [6.45, 7) is 2.13. The Labute approximate surface area is 211 Å². The number of carbonyl (C=O) groups excluding carboxylic acids is 1. The second kappa shape index (κ2) is 10.5. The third-order valence-corrected chi connectivity index (χ3v) is 7.25. The lowest BCUT2D eigenvalue weighted by atomic mass is 9.93. The monoisotopic (exact) mass is 514 g/mol. The lowest BCUT2D eigenvalue weighted by Crippen LogP contribution is -2.48. The van der Waals surface area contributed by atoms with Crippen LogP contribution in [0.25, 0.3) is 10.9 Å². The van der Waals surface area contributed by atoms with Crippen LogP contribution in [0.1, 0.15) is 47.9 Å². The van der Waals surface area contributed by atoms with E-state index in [1.165, 1.54) is 6.07 Å². The third kappa shape index (κ3) is 5.93. The third-order valence-electron chi connectivity index (χ3n) is 7.25. The molecule has 8 nitrogen and oxygen atoms in total. The normalized spacial score (nSPS) is 19.8. The van der Waals surface area contributed by atoms with Gasteiger partial charge < -0.3 is 15.2 Å². The SMILES string of the molecule is O=C(NCC(F)(F)F)c1ccc(N2CCC(N3CCCC(c4nc5ccccc5c(=O)[nH]4)C3)CC2)cn1. The lowest BCUT2D eigenvalue weighted by Gasteiger charge is -2.42. The first-order chi connectivity index (χ1) is 17.8. The van der Waals surface area contributed by atoms with Crippen molar-refractivity contribution in [3.63, 3.8) is 0 Å². The van der Waals surface area contributed by atoms with E-state index in [4.69, 9.17) is 4.98 Å². The second-order valence-corrected chi connectivity index (χ2v) is 9.72. The molecule has 196 valence electrons. The zero-order chi connectivity index (χ0) is 26.0. The standard InChI is InChI=1S/C26H29F3N6O2/c27-26(28,29)16-31-25(37)22-8-7-19(14-30-22)34-12-9-18(10-13-34)35-11-3-4-17(15-35)23-32-21-6-2-1-5-20(21)24(36)33-23/h1-2,5-8,14,17-18H,3-4,9-13,15-16H2,(H,31,37)(H,32,33,36). The van der Waals surface area contributed by atoms with E-state index in [1.54, 1.807) is 18.3 Å². The fraction of sp³-hybridized carbons (Fsp3) is 0.462. The van der Waals surface area contributed by atoms with Crippen LogP contribution in [0.4, 0.5) is 18.9 Å². The molecule has 1 amide bonds. The van der Waals surface area contributed by atoms with Crippen molar-refractivity contribution in [1.82, 2.24) is 25.2 Å². The molecule has 2 aliphatic rings. The molecule has 4 heterocycles. The van der Waals surface area contributed by atoms with E-state index >= 15 is 0 Å². The van der Waals surface area contributed by atoms with E-state index in [9.17, 15) is 22.8 Å². The van der Waals surface area contributed by atoms with Crippen LogP contribution in [0.5, 0.6) is 0 Å². The van der Waals surface area contributed by atoms with Crippen LogP contribution in [0.3, 0.4) is 0 Å². The average molecular weight is 515 g/mol. The van der Waals surface area contributed by atoms with E-state index < -0.39 is 18.6 Å². The molecule has 1 unspecified atom stereocenters. The number of carbonyl (C=O) groups is 1. The van der Waals surface area contributed by atoms with Gasteiger partial charge in [0.15, 0.2) is 0 Å². The second-order valence-electron chi connectivity index (χ2n) is 9.72. The Kier molecular flexibility index (Phi) is 7.14. The van der Waals surface area contributed by atoms with Crippen LogP contribution in [0, 0.1) is 0 Å². The van der Waals surface area contributed by atoms with Gasteiger partial charge in [0.05, 0.1) is 22.8 Å². The molecule has 0 saturated carbocycles. The molecule has 2 fully saturated rings. The summed E-state index contributed by atoms with van der Waals surface area (Å²) in [4.78, 5) is 41.0. The van der Waals surface area contributed by atoms with E-state index in [0.29, 0.717) is 11.4 Å². The Morgan fingerprint density at radius 1 is 1.08 bits per heavy atom. The molecule has 2 aliphatic heterocycles. The van der Waals surface area contributed by atoms with E-state index in [0.717, 1.165) is 68.9 Å². The Bertz CT molecular complexity index is 1300. The zero-order valence-electron chi connectivity index (χ0n) is 20.3. The minimum Gasteiger partial charge on any atom is -0.370 e. The number of hydrogen-bond donors (Lipinski definition) is 2. The van der Waals surface area contributed by atoms with Crippen LogP contribution < -0.4 is 15.8 Å². The summed E-state index contributed by atoms with van der Waals surface area (Å²) in [6.07, 6.45) is 1.04. The minimum absolute atomic E-state index is 0.0393. The summed E-state index contributed by atoms with van der Waals surface area (Å²) < 4.78 is 37.0. The summed E-state index contributed by atoms with van der Waals surface area (Å²) in [5.74, 6) is 0.102. The van der Waals surface area contributed by atoms with Crippen LogP contribution >= 0.6 is 0 Å². The van der Waals surface area contributed by atoms with Crippen LogP contribution in [0.2, 0.25) is 0 Å². The van der Waals surface area contributed by atoms with Gasteiger partial charge >= 0.3 is 6.18 Å². The maximum Gasteiger partial charge on any atom is 0.405 e. The number of pyridine rings is 1. The number of hydrogen-bond acceptors (Lipinski definition) is 6. The van der Waals surface area contributed by atoms with Gasteiger partial charge in [0.1, 0.15) is 18.1 Å². The number of aromatic amines is 1. The van der Waals surface area contributed by atoms with E-state index in [2.05, 4.69) is 19.8 Å². The number of anilines is 1. The lowest BCUT2D eigenvalue weighted by molar-refractivity contribution is -0.123. The van der Waals surface area contributed by atoms with E-state index in [-0.39, 0.29) is 17.2 Å². The topological polar surface area (TPSA) is 94.2 Å². The van der Waals surface area contributed by atoms with Crippen molar-refractivity contribution in [3.8, 4) is 0 Å². The summed E-state index contributed by atoms with van der Waals surface area (Å²) in [5, 5.41) is 2.44. The molecule has 2 aromatic heterocycles. The molecule has 37 heavy (non-hydrogen) atoms. The maximum atomic E-state index is 12.5. The number of fused-ring (bicyclic) bond motifs is 1. The molecule has 2 N–H and O–H groups in total. The number of likely N-dealkylation sites (tertiary alicyclic amines) is 1. The summed E-state index contributed by atoms with van der Waals surface area (Å²) >= 11 is 0. The number of H-pyrrole nitrogens is 1. The Balaban J connectivity index is 1.17. The fourth-order valence-electron chi connectivity index (χ4n) is 5.33. The predicted molar refractivity (Wildman–Crippen MR) is 134 cm³/mol. The summed E-state index contributed by atoms with van der Waals surface area (Å²) in [5.41, 5.74) is 1.44. The molecule has 1 atom stereocenters. The molecule has 11 heteroatoms. The molecule has 0 bridgehead atoms. The Morgan fingerprint density at radius 3 is 2.59 bits per heavy atom. The molecule has 5 rings (SSSR count). The van der Waals surface area contributed by atoms with Gasteiger partial charge in [-0.25, -0.2) is 9.97 Å². The highest BCUT2D eigenvalue weighted by Gasteiger charge is 2.31. The summed E-state index contributed by atoms with van der Waals surface area (Å²) in [7, 11) is 0. The number of alkyl halides is 3. The van der Waals surface area contributed by atoms with Crippen molar-refractivity contribution < 1.29 is 18.0 Å². The highest BCUT2D eigenvalue weighted by Crippen LogP contribution is 2.30. The van der Waals surface area contributed by atoms with Crippen LogP contribution in [-0.2, 0) is 0 Å². The number of nitrogens with one attached hydrogen (secondary N) is 2. The highest BCUT2D eigenvalue weighted by atomic mass is 19.4. The zero-order valence-corrected chi connectivity index (χ0v) is 20.3. The van der Waals surface area contributed by atoms with Gasteiger partial charge in [0, 0.05) is 31.6 Å². The first-order valence-corrected chi connectivity index (χ1v) is 12.6. The molecule has 0 spiro atoms. The average Bonchev–Trinajstić information content (AvgIpc) is 2.91. The van der Waals surface area contributed by atoms with Gasteiger partial charge in [0.25, 0.3) is 11.5 Å². The number of amides is 1. The number of piperidine rings is 2. The number of benzene rings is 1. The molecule has 1 aromatic carbocycles. The van der Waals surface area contributed by atoms with Crippen molar-refractivity contribution >= 4 is 22.5 Å². The van der Waals surface area contributed by atoms with Crippen LogP contribution in [-0.4, -0.2) is 70.7 Å². The van der Waals surface area contributed by atoms with Crippen LogP contribution in [0.15, 0.2) is 47.4 Å². The summed E-state index contributed by atoms with van der Waals surface area (Å²) in [6, 6.07) is 11.0. The number of para-hydroxylation sites is 1. The van der Waals surface area contributed by atoms with Gasteiger partial charge in [-0.2, -0.15) is 13.2 Å².